The maximum absolute atomic E-state index is 12.0. The third kappa shape index (κ3) is 4.75. The molecule has 1 rings (SSSR count). The number of carbonyl (C=O) groups excluding carboxylic acids is 2. The second-order valence-electron chi connectivity index (χ2n) is 5.73. The topological polar surface area (TPSA) is 46.6 Å². The van der Waals surface area contributed by atoms with Gasteiger partial charge in [-0.2, -0.15) is 0 Å². The molecular formula is C13H23NO3. The summed E-state index contributed by atoms with van der Waals surface area (Å²) in [4.78, 5) is 24.9. The molecule has 1 amide bonds. The van der Waals surface area contributed by atoms with E-state index in [9.17, 15) is 9.59 Å². The molecule has 17 heavy (non-hydrogen) atoms. The second-order valence-corrected chi connectivity index (χ2v) is 5.73. The Hall–Kier alpha value is -1.06. The molecule has 0 spiro atoms. The smallest absolute Gasteiger partial charge is 0.410 e. The summed E-state index contributed by atoms with van der Waals surface area (Å²) in [6.07, 6.45) is 3.13. The van der Waals surface area contributed by atoms with E-state index in [1.165, 1.54) is 0 Å². The molecule has 4 nitrogen and oxygen atoms in total. The van der Waals surface area contributed by atoms with Crippen LogP contribution in [0.4, 0.5) is 4.79 Å². The van der Waals surface area contributed by atoms with Crippen molar-refractivity contribution in [2.24, 2.45) is 0 Å². The van der Waals surface area contributed by atoms with E-state index >= 15 is 0 Å². The van der Waals surface area contributed by atoms with Crippen LogP contribution in [0.3, 0.4) is 0 Å². The average molecular weight is 241 g/mol. The number of amides is 1. The molecule has 1 aliphatic rings. The van der Waals surface area contributed by atoms with Crippen molar-refractivity contribution in [2.45, 2.75) is 65.0 Å². The van der Waals surface area contributed by atoms with Crippen LogP contribution in [0.1, 0.15) is 53.4 Å². The van der Waals surface area contributed by atoms with Gasteiger partial charge < -0.3 is 9.64 Å². The van der Waals surface area contributed by atoms with Gasteiger partial charge >= 0.3 is 6.09 Å². The van der Waals surface area contributed by atoms with Gasteiger partial charge in [0.25, 0.3) is 0 Å². The number of ketones is 1. The molecule has 0 radical (unpaired) electrons. The third-order valence-corrected chi connectivity index (χ3v) is 2.78. The quantitative estimate of drug-likeness (QED) is 0.746. The fourth-order valence-electron chi connectivity index (χ4n) is 2.11. The van der Waals surface area contributed by atoms with E-state index in [-0.39, 0.29) is 17.9 Å². The normalized spacial score (nSPS) is 21.2. The van der Waals surface area contributed by atoms with Crippen LogP contribution in [0.5, 0.6) is 0 Å². The van der Waals surface area contributed by atoms with E-state index in [2.05, 4.69) is 0 Å². The number of likely N-dealkylation sites (tertiary alicyclic amines) is 1. The monoisotopic (exact) mass is 241 g/mol. The summed E-state index contributed by atoms with van der Waals surface area (Å²) in [6, 6.07) is 0.0242. The fourth-order valence-corrected chi connectivity index (χ4v) is 2.11. The summed E-state index contributed by atoms with van der Waals surface area (Å²) in [6.45, 7) is 7.84. The molecule has 98 valence electrons. The minimum absolute atomic E-state index is 0.0242. The van der Waals surface area contributed by atoms with Crippen molar-refractivity contribution < 1.29 is 14.3 Å². The molecule has 1 heterocycles. The number of hydrogen-bond acceptors (Lipinski definition) is 3. The lowest BCUT2D eigenvalue weighted by Gasteiger charge is -2.36. The molecule has 1 saturated heterocycles. The molecule has 0 saturated carbocycles. The Morgan fingerprint density at radius 1 is 1.29 bits per heavy atom. The van der Waals surface area contributed by atoms with Gasteiger partial charge in [0.2, 0.25) is 0 Å². The molecule has 1 fully saturated rings. The maximum Gasteiger partial charge on any atom is 0.410 e. The summed E-state index contributed by atoms with van der Waals surface area (Å²) in [7, 11) is 0. The highest BCUT2D eigenvalue weighted by Crippen LogP contribution is 2.22. The highest BCUT2D eigenvalue weighted by Gasteiger charge is 2.30. The van der Waals surface area contributed by atoms with Gasteiger partial charge in [-0.1, -0.05) is 0 Å². The molecule has 0 aromatic heterocycles. The number of piperidine rings is 1. The molecule has 0 aliphatic carbocycles. The minimum Gasteiger partial charge on any atom is -0.444 e. The lowest BCUT2D eigenvalue weighted by Crippen LogP contribution is -2.46. The Bertz CT molecular complexity index is 294. The van der Waals surface area contributed by atoms with Gasteiger partial charge in [-0.3, -0.25) is 4.79 Å². The Morgan fingerprint density at radius 2 is 1.94 bits per heavy atom. The number of ether oxygens (including phenoxy) is 1. The number of rotatable bonds is 2. The van der Waals surface area contributed by atoms with Crippen molar-refractivity contribution in [3.05, 3.63) is 0 Å². The molecule has 1 aliphatic heterocycles. The average Bonchev–Trinajstić information content (AvgIpc) is 2.14. The van der Waals surface area contributed by atoms with Crippen molar-refractivity contribution in [1.82, 2.24) is 4.90 Å². The van der Waals surface area contributed by atoms with Crippen molar-refractivity contribution in [3.63, 3.8) is 0 Å². The van der Waals surface area contributed by atoms with Crippen LogP contribution in [0.2, 0.25) is 0 Å². The zero-order valence-corrected chi connectivity index (χ0v) is 11.3. The van der Waals surface area contributed by atoms with Gasteiger partial charge in [-0.25, -0.2) is 4.79 Å². The van der Waals surface area contributed by atoms with Gasteiger partial charge in [0.05, 0.1) is 0 Å². The zero-order chi connectivity index (χ0) is 13.1. The molecule has 0 aromatic carbocycles. The molecule has 0 unspecified atom stereocenters. The lowest BCUT2D eigenvalue weighted by molar-refractivity contribution is -0.118. The van der Waals surface area contributed by atoms with E-state index in [0.717, 1.165) is 19.3 Å². The third-order valence-electron chi connectivity index (χ3n) is 2.78. The highest BCUT2D eigenvalue weighted by atomic mass is 16.6. The van der Waals surface area contributed by atoms with E-state index < -0.39 is 5.60 Å². The standard InChI is InChI=1S/C13H23NO3/c1-10(15)9-11-7-5-6-8-14(11)12(16)17-13(2,3)4/h11H,5-9H2,1-4H3/t11-/m0/s1. The first kappa shape index (κ1) is 14.0. The number of carbonyl (C=O) groups is 2. The van der Waals surface area contributed by atoms with Gasteiger partial charge in [-0.15, -0.1) is 0 Å². The Morgan fingerprint density at radius 3 is 2.47 bits per heavy atom. The summed E-state index contributed by atoms with van der Waals surface area (Å²) < 4.78 is 5.36. The van der Waals surface area contributed by atoms with Crippen LogP contribution in [-0.2, 0) is 9.53 Å². The van der Waals surface area contributed by atoms with Crippen molar-refractivity contribution >= 4 is 11.9 Å². The van der Waals surface area contributed by atoms with Crippen LogP contribution in [0, 0.1) is 0 Å². The first-order valence-corrected chi connectivity index (χ1v) is 6.28. The Balaban J connectivity index is 2.64. The Labute approximate surface area is 103 Å². The maximum atomic E-state index is 12.0. The Kier molecular flexibility index (Phi) is 4.54. The van der Waals surface area contributed by atoms with Crippen molar-refractivity contribution in [1.29, 1.82) is 0 Å². The molecule has 0 aromatic rings. The summed E-state index contributed by atoms with van der Waals surface area (Å²) in [5.74, 6) is 0.130. The van der Waals surface area contributed by atoms with Gasteiger partial charge in [0.1, 0.15) is 11.4 Å². The molecular weight excluding hydrogens is 218 g/mol. The first-order valence-electron chi connectivity index (χ1n) is 6.28. The summed E-state index contributed by atoms with van der Waals surface area (Å²) in [5.41, 5.74) is -0.477. The van der Waals surface area contributed by atoms with Gasteiger partial charge in [-0.05, 0) is 47.0 Å². The first-order chi connectivity index (χ1) is 7.79. The van der Waals surface area contributed by atoms with E-state index in [4.69, 9.17) is 4.74 Å². The SMILES string of the molecule is CC(=O)C[C@@H]1CCCCN1C(=O)OC(C)(C)C. The zero-order valence-electron chi connectivity index (χ0n) is 11.3. The molecule has 4 heteroatoms. The molecule has 1 atom stereocenters. The van der Waals surface area contributed by atoms with Crippen molar-refractivity contribution in [2.75, 3.05) is 6.54 Å². The lowest BCUT2D eigenvalue weighted by atomic mass is 9.98. The largest absolute Gasteiger partial charge is 0.444 e. The van der Waals surface area contributed by atoms with E-state index in [0.29, 0.717) is 13.0 Å². The van der Waals surface area contributed by atoms with Crippen LogP contribution in [0.15, 0.2) is 0 Å². The summed E-state index contributed by atoms with van der Waals surface area (Å²) in [5, 5.41) is 0. The van der Waals surface area contributed by atoms with Crippen LogP contribution in [-0.4, -0.2) is 35.0 Å². The van der Waals surface area contributed by atoms with Crippen LogP contribution < -0.4 is 0 Å². The van der Waals surface area contributed by atoms with E-state index in [1.54, 1.807) is 11.8 Å². The van der Waals surface area contributed by atoms with E-state index in [1.807, 2.05) is 20.8 Å². The van der Waals surface area contributed by atoms with Crippen LogP contribution >= 0.6 is 0 Å². The van der Waals surface area contributed by atoms with Crippen LogP contribution in [0.25, 0.3) is 0 Å². The van der Waals surface area contributed by atoms with Gasteiger partial charge in [0.15, 0.2) is 0 Å². The summed E-state index contributed by atoms with van der Waals surface area (Å²) >= 11 is 0. The number of nitrogens with zero attached hydrogens (tertiary/aromatic N) is 1. The molecule has 0 N–H and O–H groups in total. The number of Topliss-reactive ketones (excluding diaryl/α,β-unsaturated/α-hetero) is 1. The van der Waals surface area contributed by atoms with Crippen molar-refractivity contribution in [3.8, 4) is 0 Å². The second kappa shape index (κ2) is 5.52. The highest BCUT2D eigenvalue weighted by molar-refractivity contribution is 5.77. The molecule has 0 bridgehead atoms. The fraction of sp³-hybridized carbons (Fsp3) is 0.846. The number of hydrogen-bond donors (Lipinski definition) is 0. The minimum atomic E-state index is -0.477. The predicted octanol–water partition coefficient (Wildman–Crippen LogP) is 2.76. The predicted molar refractivity (Wildman–Crippen MR) is 65.9 cm³/mol. The van der Waals surface area contributed by atoms with Gasteiger partial charge in [0, 0.05) is 19.0 Å².